The molecule has 6 nitrogen and oxygen atoms in total. The van der Waals surface area contributed by atoms with Crippen LogP contribution in [0.5, 0.6) is 0 Å². The lowest BCUT2D eigenvalue weighted by Crippen LogP contribution is -2.50. The zero-order chi connectivity index (χ0) is 21.4. The van der Waals surface area contributed by atoms with Gasteiger partial charge in [-0.2, -0.15) is 0 Å². The molecule has 0 radical (unpaired) electrons. The van der Waals surface area contributed by atoms with Crippen molar-refractivity contribution in [3.8, 4) is 0 Å². The average molecular weight is 431 g/mol. The Bertz CT molecular complexity index is 1020. The highest BCUT2D eigenvalue weighted by Crippen LogP contribution is 2.71. The number of primary amides is 1. The second kappa shape index (κ2) is 6.31. The van der Waals surface area contributed by atoms with Gasteiger partial charge in [0.1, 0.15) is 10.9 Å². The summed E-state index contributed by atoms with van der Waals surface area (Å²) in [5, 5.41) is -0.734. The molecule has 6 rings (SSSR count). The van der Waals surface area contributed by atoms with E-state index >= 15 is 0 Å². The van der Waals surface area contributed by atoms with Crippen molar-refractivity contribution in [3.05, 3.63) is 35.9 Å². The Hall–Kier alpha value is -1.89. The molecule has 4 saturated carbocycles. The summed E-state index contributed by atoms with van der Waals surface area (Å²) in [6, 6.07) is 9.60. The second-order valence-electron chi connectivity index (χ2n) is 10.7. The fourth-order valence-electron chi connectivity index (χ4n) is 7.14. The first-order valence-corrected chi connectivity index (χ1v) is 12.4. The summed E-state index contributed by atoms with van der Waals surface area (Å²) in [6.07, 6.45) is 5.44. The summed E-state index contributed by atoms with van der Waals surface area (Å²) in [7, 11) is -3.71. The predicted octanol–water partition coefficient (Wildman–Crippen LogP) is 3.21. The van der Waals surface area contributed by atoms with Gasteiger partial charge in [0.15, 0.2) is 0 Å². The minimum Gasteiger partial charge on any atom is -0.473 e. The first-order valence-electron chi connectivity index (χ1n) is 10.9. The van der Waals surface area contributed by atoms with Gasteiger partial charge < -0.3 is 10.5 Å². The highest BCUT2D eigenvalue weighted by atomic mass is 32.2. The topological polar surface area (TPSA) is 98.8 Å². The minimum atomic E-state index is -3.71. The van der Waals surface area contributed by atoms with Crippen molar-refractivity contribution >= 4 is 21.8 Å². The second-order valence-corrected chi connectivity index (χ2v) is 12.4. The number of nitrogens with zero attached hydrogens (tertiary/aromatic N) is 1. The number of carbonyl (C=O) groups excluding carboxylic acids is 1. The molecule has 30 heavy (non-hydrogen) atoms. The molecule has 0 saturated heterocycles. The van der Waals surface area contributed by atoms with Gasteiger partial charge in [0.2, 0.25) is 11.8 Å². The van der Waals surface area contributed by atoms with Crippen LogP contribution in [-0.2, 0) is 26.0 Å². The van der Waals surface area contributed by atoms with E-state index in [0.29, 0.717) is 30.6 Å². The largest absolute Gasteiger partial charge is 0.473 e. The molecule has 1 aromatic rings. The summed E-state index contributed by atoms with van der Waals surface area (Å²) in [5.41, 5.74) is 5.36. The smallest absolute Gasteiger partial charge is 0.263 e. The van der Waals surface area contributed by atoms with Crippen molar-refractivity contribution in [2.75, 3.05) is 0 Å². The number of nitrogens with two attached hydrogens (primary N) is 1. The highest BCUT2D eigenvalue weighted by molar-refractivity contribution is 7.91. The molecule has 4 fully saturated rings. The predicted molar refractivity (Wildman–Crippen MR) is 114 cm³/mol. The maximum atomic E-state index is 13.2. The standard InChI is InChI=1S/C23H30N2O4S/c1-21(2)18(9-15-6-4-3-5-7-15)30(27,28)25-19(29-21)13-22-10-16-8-17(22)12-23(11-16,14-22)20(24)26/h3-7,16-18H,8-14H2,1-2H3,(H2,24,26)/t16?,17?,18-,22?,23?/m1/s1. The Morgan fingerprint density at radius 3 is 2.60 bits per heavy atom. The normalized spacial score (nSPS) is 40.1. The summed E-state index contributed by atoms with van der Waals surface area (Å²) < 4.78 is 36.8. The van der Waals surface area contributed by atoms with Crippen molar-refractivity contribution < 1.29 is 17.9 Å². The lowest BCUT2D eigenvalue weighted by atomic mass is 9.66. The molecule has 2 N–H and O–H groups in total. The summed E-state index contributed by atoms with van der Waals surface area (Å²) in [6.45, 7) is 3.68. The van der Waals surface area contributed by atoms with E-state index in [-0.39, 0.29) is 11.3 Å². The summed E-state index contributed by atoms with van der Waals surface area (Å²) in [4.78, 5) is 12.2. The van der Waals surface area contributed by atoms with E-state index in [2.05, 4.69) is 4.40 Å². The molecular formula is C23H30N2O4S. The maximum absolute atomic E-state index is 13.2. The van der Waals surface area contributed by atoms with Crippen molar-refractivity contribution in [2.45, 2.75) is 69.6 Å². The van der Waals surface area contributed by atoms with E-state index in [1.165, 1.54) is 0 Å². The maximum Gasteiger partial charge on any atom is 0.263 e. The Balaban J connectivity index is 1.42. The number of hydrogen-bond donors (Lipinski definition) is 1. The zero-order valence-corrected chi connectivity index (χ0v) is 18.5. The molecule has 4 aliphatic carbocycles. The third kappa shape index (κ3) is 3.00. The van der Waals surface area contributed by atoms with Crippen LogP contribution in [0.25, 0.3) is 0 Å². The van der Waals surface area contributed by atoms with Crippen LogP contribution in [0.15, 0.2) is 34.7 Å². The van der Waals surface area contributed by atoms with Gasteiger partial charge in [-0.3, -0.25) is 4.79 Å². The van der Waals surface area contributed by atoms with Gasteiger partial charge in [-0.05, 0) is 75.2 Å². The van der Waals surface area contributed by atoms with Crippen molar-refractivity contribution in [1.82, 2.24) is 0 Å². The van der Waals surface area contributed by atoms with Crippen LogP contribution in [0.1, 0.15) is 57.9 Å². The zero-order valence-electron chi connectivity index (χ0n) is 17.6. The number of sulfonamides is 1. The van der Waals surface area contributed by atoms with Gasteiger partial charge in [0.05, 0.1) is 5.41 Å². The van der Waals surface area contributed by atoms with Gasteiger partial charge in [-0.25, -0.2) is 8.42 Å². The molecule has 1 amide bonds. The van der Waals surface area contributed by atoms with E-state index in [4.69, 9.17) is 10.5 Å². The fraction of sp³-hybridized carbons (Fsp3) is 0.652. The van der Waals surface area contributed by atoms with E-state index in [9.17, 15) is 13.2 Å². The van der Waals surface area contributed by atoms with E-state index in [1.54, 1.807) is 0 Å². The van der Waals surface area contributed by atoms with Crippen LogP contribution < -0.4 is 5.73 Å². The molecule has 0 aromatic heterocycles. The van der Waals surface area contributed by atoms with Crippen LogP contribution >= 0.6 is 0 Å². The highest BCUT2D eigenvalue weighted by Gasteiger charge is 2.66. The van der Waals surface area contributed by atoms with Crippen LogP contribution in [0, 0.1) is 22.7 Å². The summed E-state index contributed by atoms with van der Waals surface area (Å²) in [5.74, 6) is 1.03. The molecular weight excluding hydrogens is 400 g/mol. The molecule has 1 aromatic carbocycles. The summed E-state index contributed by atoms with van der Waals surface area (Å²) >= 11 is 0. The number of hydrogen-bond acceptors (Lipinski definition) is 4. The molecule has 5 atom stereocenters. The van der Waals surface area contributed by atoms with Gasteiger partial charge in [-0.1, -0.05) is 30.3 Å². The molecule has 0 spiro atoms. The number of ether oxygens (including phenoxy) is 1. The van der Waals surface area contributed by atoms with Crippen LogP contribution in [0.3, 0.4) is 0 Å². The number of amides is 1. The molecule has 4 bridgehead atoms. The monoisotopic (exact) mass is 430 g/mol. The number of carbonyl (C=O) groups is 1. The SMILES string of the molecule is CC1(C)OC(CC23CC4CC2CC(C(N)=O)(C4)C3)=NS(=O)(=O)[C@@H]1Cc1ccccc1. The van der Waals surface area contributed by atoms with Crippen molar-refractivity contribution in [3.63, 3.8) is 0 Å². The Morgan fingerprint density at radius 2 is 1.93 bits per heavy atom. The Labute approximate surface area is 178 Å². The van der Waals surface area contributed by atoms with Gasteiger partial charge in [0.25, 0.3) is 10.0 Å². The fourth-order valence-corrected chi connectivity index (χ4v) is 8.82. The van der Waals surface area contributed by atoms with E-state index in [1.807, 2.05) is 44.2 Å². The van der Waals surface area contributed by atoms with Crippen LogP contribution in [0.2, 0.25) is 0 Å². The van der Waals surface area contributed by atoms with Gasteiger partial charge >= 0.3 is 0 Å². The van der Waals surface area contributed by atoms with Gasteiger partial charge in [-0.15, -0.1) is 4.40 Å². The first kappa shape index (κ1) is 20.0. The third-order valence-corrected chi connectivity index (χ3v) is 10.1. The molecule has 7 heteroatoms. The van der Waals surface area contributed by atoms with Gasteiger partial charge in [0, 0.05) is 6.42 Å². The number of benzene rings is 1. The van der Waals surface area contributed by atoms with Crippen molar-refractivity contribution in [2.24, 2.45) is 32.8 Å². The van der Waals surface area contributed by atoms with Crippen molar-refractivity contribution in [1.29, 1.82) is 0 Å². The quantitative estimate of drug-likeness (QED) is 0.775. The van der Waals surface area contributed by atoms with E-state index in [0.717, 1.165) is 37.7 Å². The molecule has 5 aliphatic rings. The number of rotatable bonds is 5. The minimum absolute atomic E-state index is 0.103. The van der Waals surface area contributed by atoms with Crippen LogP contribution in [-0.4, -0.2) is 31.1 Å². The van der Waals surface area contributed by atoms with E-state index < -0.39 is 26.3 Å². The molecule has 4 unspecified atom stereocenters. The Kier molecular flexibility index (Phi) is 4.22. The lowest BCUT2D eigenvalue weighted by molar-refractivity contribution is -0.130. The lowest BCUT2D eigenvalue weighted by Gasteiger charge is -2.41. The molecule has 1 aliphatic heterocycles. The van der Waals surface area contributed by atoms with Crippen LogP contribution in [0.4, 0.5) is 0 Å². The molecule has 162 valence electrons. The third-order valence-electron chi connectivity index (χ3n) is 8.22. The Morgan fingerprint density at radius 1 is 1.20 bits per heavy atom. The average Bonchev–Trinajstić information content (AvgIpc) is 3.00. The molecule has 1 heterocycles. The first-order chi connectivity index (χ1) is 14.0.